The van der Waals surface area contributed by atoms with Crippen LogP contribution in [-0.2, 0) is 15.8 Å². The third-order valence-corrected chi connectivity index (χ3v) is 5.46. The molecule has 3 amide bonds. The molecule has 172 valence electrons. The lowest BCUT2D eigenvalue weighted by molar-refractivity contribution is -0.137. The van der Waals surface area contributed by atoms with E-state index in [1.54, 1.807) is 24.3 Å². The van der Waals surface area contributed by atoms with Gasteiger partial charge >= 0.3 is 6.18 Å². The number of thioether (sulfide) groups is 1. The van der Waals surface area contributed by atoms with E-state index in [-0.39, 0.29) is 17.2 Å². The topological polar surface area (TPSA) is 75.7 Å². The number of benzene rings is 2. The zero-order chi connectivity index (χ0) is 24.2. The number of halogens is 4. The molecule has 0 atom stereocenters. The summed E-state index contributed by atoms with van der Waals surface area (Å²) in [6, 6.07) is 8.82. The van der Waals surface area contributed by atoms with Crippen LogP contribution in [0.15, 0.2) is 60.0 Å². The van der Waals surface area contributed by atoms with Crippen molar-refractivity contribution in [2.45, 2.75) is 6.18 Å². The van der Waals surface area contributed by atoms with Crippen molar-refractivity contribution < 1.29 is 32.3 Å². The Hall–Kier alpha value is -3.24. The Balaban J connectivity index is 1.68. The number of nitrogens with zero attached hydrogens (tertiary/aromatic N) is 1. The standard InChI is InChI=1S/C22H16ClF3N2O4S/c1-2-8-32-17-7-6-13(9-16(17)23)10-18-20(30)28(21(31)33-18)12-19(29)27-15-5-3-4-14(11-15)22(24,25)26/h2-7,9-11H,1,8,12H2,(H,27,29)/b18-10-. The number of imide groups is 1. The van der Waals surface area contributed by atoms with E-state index < -0.39 is 35.3 Å². The number of alkyl halides is 3. The minimum atomic E-state index is -4.57. The van der Waals surface area contributed by atoms with Crippen LogP contribution in [0.5, 0.6) is 5.75 Å². The van der Waals surface area contributed by atoms with Gasteiger partial charge in [-0.05, 0) is 53.7 Å². The summed E-state index contributed by atoms with van der Waals surface area (Å²) in [5.41, 5.74) is -0.510. The predicted octanol–water partition coefficient (Wildman–Crippen LogP) is 5.60. The Kier molecular flexibility index (Phi) is 7.50. The van der Waals surface area contributed by atoms with Gasteiger partial charge in [-0.2, -0.15) is 13.2 Å². The van der Waals surface area contributed by atoms with Crippen molar-refractivity contribution >= 4 is 52.2 Å². The average Bonchev–Trinajstić information content (AvgIpc) is 3.00. The van der Waals surface area contributed by atoms with Crippen LogP contribution in [0.4, 0.5) is 23.7 Å². The largest absolute Gasteiger partial charge is 0.488 e. The van der Waals surface area contributed by atoms with Crippen LogP contribution in [0.1, 0.15) is 11.1 Å². The maximum absolute atomic E-state index is 12.8. The van der Waals surface area contributed by atoms with Crippen molar-refractivity contribution in [3.05, 3.63) is 76.2 Å². The highest BCUT2D eigenvalue weighted by Gasteiger charge is 2.36. The van der Waals surface area contributed by atoms with Gasteiger partial charge in [0.2, 0.25) is 5.91 Å². The molecule has 2 aromatic rings. The highest BCUT2D eigenvalue weighted by molar-refractivity contribution is 8.18. The van der Waals surface area contributed by atoms with E-state index in [1.165, 1.54) is 12.1 Å². The molecule has 11 heteroatoms. The summed E-state index contributed by atoms with van der Waals surface area (Å²) in [6.45, 7) is 3.16. The molecule has 2 aromatic carbocycles. The number of carbonyl (C=O) groups excluding carboxylic acids is 3. The molecule has 1 N–H and O–H groups in total. The maximum Gasteiger partial charge on any atom is 0.416 e. The maximum atomic E-state index is 12.8. The lowest BCUT2D eigenvalue weighted by atomic mass is 10.2. The van der Waals surface area contributed by atoms with E-state index >= 15 is 0 Å². The quantitative estimate of drug-likeness (QED) is 0.399. The van der Waals surface area contributed by atoms with Gasteiger partial charge in [0.1, 0.15) is 18.9 Å². The van der Waals surface area contributed by atoms with Crippen molar-refractivity contribution in [3.8, 4) is 5.75 Å². The monoisotopic (exact) mass is 496 g/mol. The van der Waals surface area contributed by atoms with E-state index in [1.807, 2.05) is 0 Å². The summed E-state index contributed by atoms with van der Waals surface area (Å²) in [6.07, 6.45) is -1.57. The Morgan fingerprint density at radius 2 is 1.97 bits per heavy atom. The van der Waals surface area contributed by atoms with Gasteiger partial charge in [-0.3, -0.25) is 19.3 Å². The number of nitrogens with one attached hydrogen (secondary N) is 1. The number of anilines is 1. The first-order valence-corrected chi connectivity index (χ1v) is 10.5. The number of amides is 3. The van der Waals surface area contributed by atoms with Gasteiger partial charge in [0.15, 0.2) is 0 Å². The molecule has 0 aromatic heterocycles. The number of hydrogen-bond donors (Lipinski definition) is 1. The van der Waals surface area contributed by atoms with Gasteiger partial charge < -0.3 is 10.1 Å². The molecule has 0 bridgehead atoms. The van der Waals surface area contributed by atoms with Crippen molar-refractivity contribution in [2.24, 2.45) is 0 Å². The fourth-order valence-electron chi connectivity index (χ4n) is 2.78. The Morgan fingerprint density at radius 3 is 2.64 bits per heavy atom. The third kappa shape index (κ3) is 6.17. The second-order valence-electron chi connectivity index (χ2n) is 6.68. The highest BCUT2D eigenvalue weighted by atomic mass is 35.5. The molecule has 1 aliphatic rings. The highest BCUT2D eigenvalue weighted by Crippen LogP contribution is 2.34. The molecule has 1 heterocycles. The molecule has 33 heavy (non-hydrogen) atoms. The third-order valence-electron chi connectivity index (χ3n) is 4.26. The molecule has 0 unspecified atom stereocenters. The molecular formula is C22H16ClF3N2O4S. The van der Waals surface area contributed by atoms with Crippen molar-refractivity contribution in [3.63, 3.8) is 0 Å². The number of ether oxygens (including phenoxy) is 1. The normalized spacial score (nSPS) is 15.2. The van der Waals surface area contributed by atoms with Crippen LogP contribution < -0.4 is 10.1 Å². The fourth-order valence-corrected chi connectivity index (χ4v) is 3.86. The molecule has 0 spiro atoms. The molecular weight excluding hydrogens is 481 g/mol. The van der Waals surface area contributed by atoms with Gasteiger partial charge in [0.25, 0.3) is 11.1 Å². The number of hydrogen-bond acceptors (Lipinski definition) is 5. The van der Waals surface area contributed by atoms with Crippen LogP contribution >= 0.6 is 23.4 Å². The molecule has 1 saturated heterocycles. The summed E-state index contributed by atoms with van der Waals surface area (Å²) in [7, 11) is 0. The molecule has 0 aliphatic carbocycles. The molecule has 1 aliphatic heterocycles. The first-order chi connectivity index (χ1) is 15.6. The lowest BCUT2D eigenvalue weighted by Crippen LogP contribution is -2.36. The second-order valence-corrected chi connectivity index (χ2v) is 8.08. The van der Waals surface area contributed by atoms with Crippen LogP contribution in [-0.4, -0.2) is 35.1 Å². The summed E-state index contributed by atoms with van der Waals surface area (Å²) < 4.78 is 43.8. The zero-order valence-electron chi connectivity index (χ0n) is 16.8. The minimum Gasteiger partial charge on any atom is -0.488 e. The first kappa shape index (κ1) is 24.4. The number of rotatable bonds is 7. The Labute approximate surface area is 196 Å². The van der Waals surface area contributed by atoms with Crippen LogP contribution in [0.2, 0.25) is 5.02 Å². The van der Waals surface area contributed by atoms with Crippen molar-refractivity contribution in [1.29, 1.82) is 0 Å². The summed E-state index contributed by atoms with van der Waals surface area (Å²) in [5, 5.41) is 1.88. The Morgan fingerprint density at radius 1 is 1.21 bits per heavy atom. The van der Waals surface area contributed by atoms with Gasteiger partial charge in [0, 0.05) is 5.69 Å². The zero-order valence-corrected chi connectivity index (χ0v) is 18.4. The number of carbonyl (C=O) groups is 3. The van der Waals surface area contributed by atoms with Crippen LogP contribution in [0, 0.1) is 0 Å². The van der Waals surface area contributed by atoms with E-state index in [0.717, 1.165) is 18.2 Å². The van der Waals surface area contributed by atoms with E-state index in [2.05, 4.69) is 11.9 Å². The predicted molar refractivity (Wildman–Crippen MR) is 120 cm³/mol. The summed E-state index contributed by atoms with van der Waals surface area (Å²) in [5.74, 6) is -1.09. The molecule has 3 rings (SSSR count). The summed E-state index contributed by atoms with van der Waals surface area (Å²) >= 11 is 6.79. The molecule has 1 fully saturated rings. The molecule has 6 nitrogen and oxygen atoms in total. The second kappa shape index (κ2) is 10.1. The van der Waals surface area contributed by atoms with Crippen LogP contribution in [0.25, 0.3) is 6.08 Å². The lowest BCUT2D eigenvalue weighted by Gasteiger charge is -2.13. The fraction of sp³-hybridized carbons (Fsp3) is 0.136. The smallest absolute Gasteiger partial charge is 0.416 e. The van der Waals surface area contributed by atoms with Crippen molar-refractivity contribution in [2.75, 3.05) is 18.5 Å². The van der Waals surface area contributed by atoms with E-state index in [9.17, 15) is 27.6 Å². The van der Waals surface area contributed by atoms with Gasteiger partial charge in [-0.15, -0.1) is 0 Å². The molecule has 0 saturated carbocycles. The SMILES string of the molecule is C=CCOc1ccc(/C=C2\SC(=O)N(CC(=O)Nc3cccc(C(F)(F)F)c3)C2=O)cc1Cl. The van der Waals surface area contributed by atoms with Crippen LogP contribution in [0.3, 0.4) is 0 Å². The van der Waals surface area contributed by atoms with E-state index in [4.69, 9.17) is 16.3 Å². The Bertz CT molecular complexity index is 1150. The average molecular weight is 497 g/mol. The molecule has 0 radical (unpaired) electrons. The minimum absolute atomic E-state index is 0.0719. The van der Waals surface area contributed by atoms with E-state index in [0.29, 0.717) is 33.0 Å². The van der Waals surface area contributed by atoms with Crippen molar-refractivity contribution in [1.82, 2.24) is 4.90 Å². The van der Waals surface area contributed by atoms with Gasteiger partial charge in [-0.1, -0.05) is 36.4 Å². The summed E-state index contributed by atoms with van der Waals surface area (Å²) in [4.78, 5) is 37.9. The first-order valence-electron chi connectivity index (χ1n) is 9.34. The van der Waals surface area contributed by atoms with Gasteiger partial charge in [-0.25, -0.2) is 0 Å². The van der Waals surface area contributed by atoms with Gasteiger partial charge in [0.05, 0.1) is 15.5 Å².